The average molecular weight is 339 g/mol. The van der Waals surface area contributed by atoms with E-state index in [1.807, 2.05) is 18.2 Å². The smallest absolute Gasteiger partial charge is 0.325 e. The summed E-state index contributed by atoms with van der Waals surface area (Å²) < 4.78 is 0. The normalized spacial score (nSPS) is 23.4. The summed E-state index contributed by atoms with van der Waals surface area (Å²) in [5, 5.41) is 3.61. The first kappa shape index (κ1) is 15.9. The van der Waals surface area contributed by atoms with Crippen LogP contribution < -0.4 is 5.32 Å². The van der Waals surface area contributed by atoms with Gasteiger partial charge in [-0.2, -0.15) is 0 Å². The predicted octanol–water partition coefficient (Wildman–Crippen LogP) is 2.63. The van der Waals surface area contributed by atoms with Crippen LogP contribution in [0.15, 0.2) is 24.4 Å². The summed E-state index contributed by atoms with van der Waals surface area (Å²) in [5.74, 6) is -0.338. The maximum absolute atomic E-state index is 12.8. The van der Waals surface area contributed by atoms with Gasteiger partial charge < -0.3 is 10.3 Å². The summed E-state index contributed by atoms with van der Waals surface area (Å²) in [6.07, 6.45) is 4.40. The monoisotopic (exact) mass is 339 g/mol. The van der Waals surface area contributed by atoms with Crippen molar-refractivity contribution in [3.05, 3.63) is 35.5 Å². The molecule has 25 heavy (non-hydrogen) atoms. The Balaban J connectivity index is 1.60. The van der Waals surface area contributed by atoms with Crippen molar-refractivity contribution in [3.8, 4) is 0 Å². The number of aryl methyl sites for hydroxylation is 1. The lowest BCUT2D eigenvalue weighted by Gasteiger charge is -2.20. The number of aromatic nitrogens is 1. The third-order valence-electron chi connectivity index (χ3n) is 5.48. The lowest BCUT2D eigenvalue weighted by molar-refractivity contribution is -0.131. The van der Waals surface area contributed by atoms with E-state index in [2.05, 4.69) is 17.2 Å². The van der Waals surface area contributed by atoms with Crippen LogP contribution in [0.1, 0.15) is 42.6 Å². The van der Waals surface area contributed by atoms with Crippen molar-refractivity contribution >= 4 is 28.6 Å². The van der Waals surface area contributed by atoms with Crippen molar-refractivity contribution in [1.82, 2.24) is 15.2 Å². The topological polar surface area (TPSA) is 82.3 Å². The summed E-state index contributed by atoms with van der Waals surface area (Å²) >= 11 is 0. The molecule has 6 nitrogen and oxygen atoms in total. The standard InChI is InChI=1S/C19H21N3O3/c1-3-11-5-4-6-13-14(9-20-16(11)13)15(23)10-22-17(24)19(2,12-7-8-12)21-18(22)25/h4-6,9,12,20H,3,7-8,10H2,1-2H3,(H,21,25)/t19-/m0/s1. The molecule has 1 saturated heterocycles. The number of fused-ring (bicyclic) bond motifs is 1. The van der Waals surface area contributed by atoms with Crippen LogP contribution in [0, 0.1) is 5.92 Å². The molecule has 1 saturated carbocycles. The van der Waals surface area contributed by atoms with Crippen molar-refractivity contribution in [1.29, 1.82) is 0 Å². The summed E-state index contributed by atoms with van der Waals surface area (Å²) in [7, 11) is 0. The lowest BCUT2D eigenvalue weighted by atomic mass is 9.96. The summed E-state index contributed by atoms with van der Waals surface area (Å²) in [6, 6.07) is 5.36. The van der Waals surface area contributed by atoms with Crippen LogP contribution in [-0.2, 0) is 11.2 Å². The fraction of sp³-hybridized carbons (Fsp3) is 0.421. The number of rotatable bonds is 5. The molecule has 1 aromatic carbocycles. The van der Waals surface area contributed by atoms with Gasteiger partial charge in [0.25, 0.3) is 5.91 Å². The van der Waals surface area contributed by atoms with Gasteiger partial charge in [0.05, 0.1) is 6.54 Å². The molecular weight excluding hydrogens is 318 g/mol. The zero-order valence-electron chi connectivity index (χ0n) is 14.4. The number of benzene rings is 1. The van der Waals surface area contributed by atoms with Crippen LogP contribution in [0.5, 0.6) is 0 Å². The molecule has 1 aliphatic carbocycles. The van der Waals surface area contributed by atoms with Gasteiger partial charge in [-0.1, -0.05) is 25.1 Å². The van der Waals surface area contributed by atoms with E-state index < -0.39 is 11.6 Å². The third-order valence-corrected chi connectivity index (χ3v) is 5.48. The van der Waals surface area contributed by atoms with E-state index in [-0.39, 0.29) is 24.2 Å². The number of nitrogens with zero attached hydrogens (tertiary/aromatic N) is 1. The second-order valence-corrected chi connectivity index (χ2v) is 7.12. The van der Waals surface area contributed by atoms with Gasteiger partial charge in [0.2, 0.25) is 0 Å². The van der Waals surface area contributed by atoms with Crippen LogP contribution in [-0.4, -0.2) is 39.7 Å². The Morgan fingerprint density at radius 3 is 2.76 bits per heavy atom. The minimum atomic E-state index is -0.854. The van der Waals surface area contributed by atoms with Crippen LogP contribution in [0.3, 0.4) is 0 Å². The molecule has 0 radical (unpaired) electrons. The summed E-state index contributed by atoms with van der Waals surface area (Å²) in [4.78, 5) is 41.9. The zero-order valence-corrected chi connectivity index (χ0v) is 14.4. The number of Topliss-reactive ketones (excluding diaryl/α,β-unsaturated/α-hetero) is 1. The van der Waals surface area contributed by atoms with Crippen molar-refractivity contribution in [3.63, 3.8) is 0 Å². The van der Waals surface area contributed by atoms with Crippen LogP contribution in [0.4, 0.5) is 4.79 Å². The molecule has 0 unspecified atom stereocenters. The van der Waals surface area contributed by atoms with Gasteiger partial charge in [0, 0.05) is 22.7 Å². The van der Waals surface area contributed by atoms with Gasteiger partial charge >= 0.3 is 6.03 Å². The Bertz CT molecular complexity index is 896. The largest absolute Gasteiger partial charge is 0.360 e. The molecule has 3 amide bonds. The number of imide groups is 1. The number of ketones is 1. The van der Waals surface area contributed by atoms with E-state index in [0.717, 1.165) is 40.6 Å². The number of nitrogens with one attached hydrogen (secondary N) is 2. The Kier molecular flexibility index (Phi) is 3.45. The molecule has 130 valence electrons. The minimum Gasteiger partial charge on any atom is -0.360 e. The molecule has 2 heterocycles. The number of carbonyl (C=O) groups excluding carboxylic acids is 3. The van der Waals surface area contributed by atoms with Gasteiger partial charge in [0.1, 0.15) is 5.54 Å². The number of urea groups is 1. The number of hydrogen-bond acceptors (Lipinski definition) is 3. The highest BCUT2D eigenvalue weighted by Crippen LogP contribution is 2.42. The van der Waals surface area contributed by atoms with E-state index in [0.29, 0.717) is 5.56 Å². The third kappa shape index (κ3) is 2.35. The van der Waals surface area contributed by atoms with Gasteiger partial charge in [-0.05, 0) is 37.7 Å². The second-order valence-electron chi connectivity index (χ2n) is 7.12. The van der Waals surface area contributed by atoms with Crippen molar-refractivity contribution < 1.29 is 14.4 Å². The van der Waals surface area contributed by atoms with E-state index in [9.17, 15) is 14.4 Å². The molecule has 2 aliphatic rings. The number of amides is 3. The molecule has 1 atom stereocenters. The fourth-order valence-electron chi connectivity index (χ4n) is 3.77. The number of aromatic amines is 1. The van der Waals surface area contributed by atoms with Crippen molar-refractivity contribution in [2.24, 2.45) is 5.92 Å². The maximum Gasteiger partial charge on any atom is 0.325 e. The molecule has 1 aromatic heterocycles. The number of carbonyl (C=O) groups is 3. The molecular formula is C19H21N3O3. The average Bonchev–Trinajstić information content (AvgIpc) is 3.33. The van der Waals surface area contributed by atoms with Crippen LogP contribution >= 0.6 is 0 Å². The Morgan fingerprint density at radius 1 is 1.32 bits per heavy atom. The highest BCUT2D eigenvalue weighted by molar-refractivity contribution is 6.14. The first-order chi connectivity index (χ1) is 12.0. The Labute approximate surface area is 145 Å². The fourth-order valence-corrected chi connectivity index (χ4v) is 3.77. The molecule has 0 spiro atoms. The van der Waals surface area contributed by atoms with E-state index in [4.69, 9.17) is 0 Å². The van der Waals surface area contributed by atoms with Crippen LogP contribution in [0.25, 0.3) is 10.9 Å². The number of H-pyrrole nitrogens is 1. The molecule has 2 aromatic rings. The first-order valence-electron chi connectivity index (χ1n) is 8.72. The number of hydrogen-bond donors (Lipinski definition) is 2. The van der Waals surface area contributed by atoms with E-state index in [1.165, 1.54) is 0 Å². The number of para-hydroxylation sites is 1. The lowest BCUT2D eigenvalue weighted by Crippen LogP contribution is -2.46. The summed E-state index contributed by atoms with van der Waals surface area (Å²) in [5.41, 5.74) is 1.74. The van der Waals surface area contributed by atoms with Crippen molar-refractivity contribution in [2.75, 3.05) is 6.54 Å². The maximum atomic E-state index is 12.8. The SMILES string of the molecule is CCc1cccc2c(C(=O)CN3C(=O)N[C@@](C)(C4CC4)C3=O)c[nH]c12. The zero-order chi connectivity index (χ0) is 17.8. The van der Waals surface area contributed by atoms with Gasteiger partial charge in [-0.15, -0.1) is 0 Å². The Morgan fingerprint density at radius 2 is 2.08 bits per heavy atom. The molecule has 2 N–H and O–H groups in total. The molecule has 6 heteroatoms. The highest BCUT2D eigenvalue weighted by atomic mass is 16.2. The van der Waals surface area contributed by atoms with Gasteiger partial charge in [-0.3, -0.25) is 14.5 Å². The molecule has 1 aliphatic heterocycles. The highest BCUT2D eigenvalue weighted by Gasteiger charge is 2.56. The van der Waals surface area contributed by atoms with Crippen molar-refractivity contribution in [2.45, 2.75) is 38.6 Å². The summed E-state index contributed by atoms with van der Waals surface area (Å²) in [6.45, 7) is 3.59. The Hall–Kier alpha value is -2.63. The van der Waals surface area contributed by atoms with Crippen LogP contribution in [0.2, 0.25) is 0 Å². The predicted molar refractivity (Wildman–Crippen MR) is 93.4 cm³/mol. The minimum absolute atomic E-state index is 0.184. The first-order valence-corrected chi connectivity index (χ1v) is 8.72. The van der Waals surface area contributed by atoms with E-state index >= 15 is 0 Å². The van der Waals surface area contributed by atoms with E-state index in [1.54, 1.807) is 13.1 Å². The second kappa shape index (κ2) is 5.44. The molecule has 0 bridgehead atoms. The molecule has 2 fully saturated rings. The van der Waals surface area contributed by atoms with Gasteiger partial charge in [0.15, 0.2) is 5.78 Å². The quantitative estimate of drug-likeness (QED) is 0.649. The molecule has 4 rings (SSSR count). The van der Waals surface area contributed by atoms with Gasteiger partial charge in [-0.25, -0.2) is 4.79 Å².